The second-order valence-electron chi connectivity index (χ2n) is 5.80. The third kappa shape index (κ3) is 5.46. The van der Waals surface area contributed by atoms with E-state index in [1.54, 1.807) is 11.0 Å². The van der Waals surface area contributed by atoms with Crippen LogP contribution < -0.4 is 0 Å². The van der Waals surface area contributed by atoms with Gasteiger partial charge in [0.2, 0.25) is 0 Å². The summed E-state index contributed by atoms with van der Waals surface area (Å²) in [4.78, 5) is 14.1. The Morgan fingerprint density at radius 1 is 1.33 bits per heavy atom. The molecular formula is C18H25NO2. The van der Waals surface area contributed by atoms with Gasteiger partial charge >= 0.3 is 6.09 Å². The fourth-order valence-electron chi connectivity index (χ4n) is 1.99. The van der Waals surface area contributed by atoms with Crippen molar-refractivity contribution in [2.24, 2.45) is 0 Å². The Kier molecular flexibility index (Phi) is 6.22. The lowest BCUT2D eigenvalue weighted by Crippen LogP contribution is -2.38. The number of carbonyl (C=O) groups excluding carboxylic acids is 1. The maximum atomic E-state index is 12.5. The fraction of sp³-hybridized carbons (Fsp3) is 0.389. The highest BCUT2D eigenvalue weighted by Crippen LogP contribution is 2.24. The first-order chi connectivity index (χ1) is 9.89. The van der Waals surface area contributed by atoms with Gasteiger partial charge in [0.25, 0.3) is 0 Å². The third-order valence-corrected chi connectivity index (χ3v) is 2.81. The standard InChI is InChI=1S/C18H25NO2/c1-6-11-16(15-12-9-8-10-13-15)19(14-7-2)17(20)21-18(3,4)5/h6-13,16H,2,14H2,1,3-5H3/b11-6+/t16-/m0/s1. The van der Waals surface area contributed by atoms with Crippen molar-refractivity contribution in [3.63, 3.8) is 0 Å². The Balaban J connectivity index is 3.09. The zero-order valence-corrected chi connectivity index (χ0v) is 13.4. The summed E-state index contributed by atoms with van der Waals surface area (Å²) in [7, 11) is 0. The number of carbonyl (C=O) groups is 1. The minimum atomic E-state index is -0.520. The zero-order chi connectivity index (χ0) is 15.9. The molecule has 21 heavy (non-hydrogen) atoms. The molecule has 1 aromatic rings. The summed E-state index contributed by atoms with van der Waals surface area (Å²) in [6, 6.07) is 9.74. The quantitative estimate of drug-likeness (QED) is 0.733. The minimum absolute atomic E-state index is 0.163. The van der Waals surface area contributed by atoms with Gasteiger partial charge in [0.1, 0.15) is 5.60 Å². The van der Waals surface area contributed by atoms with Gasteiger partial charge in [-0.15, -0.1) is 6.58 Å². The summed E-state index contributed by atoms with van der Waals surface area (Å²) in [6.07, 6.45) is 5.30. The molecule has 0 N–H and O–H groups in total. The molecule has 0 saturated heterocycles. The van der Waals surface area contributed by atoms with Crippen molar-refractivity contribution < 1.29 is 9.53 Å². The van der Waals surface area contributed by atoms with Gasteiger partial charge in [-0.25, -0.2) is 4.79 Å². The van der Waals surface area contributed by atoms with Crippen LogP contribution in [0.1, 0.15) is 39.3 Å². The number of hydrogen-bond donors (Lipinski definition) is 0. The van der Waals surface area contributed by atoms with Crippen molar-refractivity contribution >= 4 is 6.09 Å². The number of nitrogens with zero attached hydrogens (tertiary/aromatic N) is 1. The second-order valence-corrected chi connectivity index (χ2v) is 5.80. The van der Waals surface area contributed by atoms with Gasteiger partial charge in [-0.1, -0.05) is 48.6 Å². The van der Waals surface area contributed by atoms with Crippen molar-refractivity contribution in [1.29, 1.82) is 0 Å². The molecule has 3 heteroatoms. The highest BCUT2D eigenvalue weighted by molar-refractivity contribution is 5.69. The topological polar surface area (TPSA) is 29.5 Å². The van der Waals surface area contributed by atoms with Crippen molar-refractivity contribution in [2.45, 2.75) is 39.3 Å². The van der Waals surface area contributed by atoms with Crippen LogP contribution >= 0.6 is 0 Å². The fourth-order valence-corrected chi connectivity index (χ4v) is 1.99. The average molecular weight is 287 g/mol. The van der Waals surface area contributed by atoms with Crippen LogP contribution in [0.3, 0.4) is 0 Å². The number of amides is 1. The first-order valence-corrected chi connectivity index (χ1v) is 7.17. The minimum Gasteiger partial charge on any atom is -0.444 e. The lowest BCUT2D eigenvalue weighted by atomic mass is 10.0. The molecule has 0 unspecified atom stereocenters. The Labute approximate surface area is 127 Å². The van der Waals surface area contributed by atoms with Crippen molar-refractivity contribution in [3.8, 4) is 0 Å². The molecule has 1 rings (SSSR count). The zero-order valence-electron chi connectivity index (χ0n) is 13.4. The first-order valence-electron chi connectivity index (χ1n) is 7.17. The Morgan fingerprint density at radius 3 is 2.43 bits per heavy atom. The molecule has 0 aliphatic carbocycles. The third-order valence-electron chi connectivity index (χ3n) is 2.81. The van der Waals surface area contributed by atoms with E-state index < -0.39 is 5.60 Å². The maximum absolute atomic E-state index is 12.5. The van der Waals surface area contributed by atoms with Crippen LogP contribution in [0.25, 0.3) is 0 Å². The summed E-state index contributed by atoms with van der Waals surface area (Å²) >= 11 is 0. The maximum Gasteiger partial charge on any atom is 0.411 e. The van der Waals surface area contributed by atoms with Gasteiger partial charge < -0.3 is 4.74 Å². The average Bonchev–Trinajstić information content (AvgIpc) is 2.41. The van der Waals surface area contributed by atoms with Gasteiger partial charge in [-0.2, -0.15) is 0 Å². The largest absolute Gasteiger partial charge is 0.444 e. The summed E-state index contributed by atoms with van der Waals surface area (Å²) < 4.78 is 5.51. The molecule has 1 amide bonds. The van der Waals surface area contributed by atoms with E-state index in [1.165, 1.54) is 0 Å². The SMILES string of the molecule is C=CCN(C(=O)OC(C)(C)C)[C@@H](/C=C/C)c1ccccc1. The van der Waals surface area contributed by atoms with E-state index >= 15 is 0 Å². The second kappa shape index (κ2) is 7.67. The molecule has 0 radical (unpaired) electrons. The Bertz CT molecular complexity index is 486. The molecule has 3 nitrogen and oxygen atoms in total. The lowest BCUT2D eigenvalue weighted by molar-refractivity contribution is 0.0222. The van der Waals surface area contributed by atoms with Crippen LogP contribution in [0, 0.1) is 0 Å². The molecule has 0 fully saturated rings. The molecular weight excluding hydrogens is 262 g/mol. The van der Waals surface area contributed by atoms with Gasteiger partial charge in [0.05, 0.1) is 6.04 Å². The van der Waals surface area contributed by atoms with Gasteiger partial charge in [-0.05, 0) is 33.3 Å². The molecule has 0 heterocycles. The number of ether oxygens (including phenoxy) is 1. The molecule has 0 aliphatic rings. The van der Waals surface area contributed by atoms with Crippen LogP contribution in [-0.2, 0) is 4.74 Å². The smallest absolute Gasteiger partial charge is 0.411 e. The van der Waals surface area contributed by atoms with Crippen molar-refractivity contribution in [1.82, 2.24) is 4.90 Å². The molecule has 0 aromatic heterocycles. The number of rotatable bonds is 5. The summed E-state index contributed by atoms with van der Waals surface area (Å²) in [6.45, 7) is 11.7. The van der Waals surface area contributed by atoms with E-state index in [1.807, 2.05) is 70.2 Å². The Morgan fingerprint density at radius 2 is 1.95 bits per heavy atom. The van der Waals surface area contributed by atoms with E-state index in [-0.39, 0.29) is 12.1 Å². The van der Waals surface area contributed by atoms with Crippen LogP contribution in [0.5, 0.6) is 0 Å². The molecule has 1 atom stereocenters. The molecule has 0 spiro atoms. The van der Waals surface area contributed by atoms with Crippen LogP contribution in [0.2, 0.25) is 0 Å². The van der Waals surface area contributed by atoms with Gasteiger partial charge in [0.15, 0.2) is 0 Å². The highest BCUT2D eigenvalue weighted by Gasteiger charge is 2.26. The van der Waals surface area contributed by atoms with E-state index in [4.69, 9.17) is 4.74 Å². The molecule has 1 aromatic carbocycles. The summed E-state index contributed by atoms with van der Waals surface area (Å²) in [5.41, 5.74) is 0.525. The van der Waals surface area contributed by atoms with E-state index in [9.17, 15) is 4.79 Å². The predicted molar refractivity (Wildman–Crippen MR) is 87.1 cm³/mol. The van der Waals surface area contributed by atoms with Crippen LogP contribution in [0.4, 0.5) is 4.79 Å². The normalized spacial score (nSPS) is 13.0. The lowest BCUT2D eigenvalue weighted by Gasteiger charge is -2.31. The van der Waals surface area contributed by atoms with Crippen LogP contribution in [-0.4, -0.2) is 23.1 Å². The summed E-state index contributed by atoms with van der Waals surface area (Å²) in [5, 5.41) is 0. The molecule has 0 saturated carbocycles. The van der Waals surface area contributed by atoms with Gasteiger partial charge in [-0.3, -0.25) is 4.90 Å². The molecule has 0 bridgehead atoms. The van der Waals surface area contributed by atoms with E-state index in [0.29, 0.717) is 6.54 Å². The summed E-state index contributed by atoms with van der Waals surface area (Å²) in [5.74, 6) is 0. The van der Waals surface area contributed by atoms with Crippen LogP contribution in [0.15, 0.2) is 55.1 Å². The van der Waals surface area contributed by atoms with Crippen molar-refractivity contribution in [2.75, 3.05) is 6.54 Å². The number of benzene rings is 1. The van der Waals surface area contributed by atoms with E-state index in [2.05, 4.69) is 6.58 Å². The molecule has 114 valence electrons. The number of allylic oxidation sites excluding steroid dienone is 1. The predicted octanol–water partition coefficient (Wildman–Crippen LogP) is 4.73. The number of hydrogen-bond acceptors (Lipinski definition) is 2. The van der Waals surface area contributed by atoms with Crippen molar-refractivity contribution in [3.05, 3.63) is 60.7 Å². The first kappa shape index (κ1) is 17.0. The highest BCUT2D eigenvalue weighted by atomic mass is 16.6. The Hall–Kier alpha value is -2.03. The van der Waals surface area contributed by atoms with Gasteiger partial charge in [0, 0.05) is 6.54 Å². The monoisotopic (exact) mass is 287 g/mol. The molecule has 0 aliphatic heterocycles. The van der Waals surface area contributed by atoms with E-state index in [0.717, 1.165) is 5.56 Å².